The van der Waals surface area contributed by atoms with Crippen LogP contribution in [0.5, 0.6) is 0 Å². The first-order chi connectivity index (χ1) is 10.1. The highest BCUT2D eigenvalue weighted by Gasteiger charge is 2.31. The van der Waals surface area contributed by atoms with E-state index in [0.29, 0.717) is 11.9 Å². The molecule has 112 valence electrons. The number of hydrogen-bond acceptors (Lipinski definition) is 4. The zero-order chi connectivity index (χ0) is 14.9. The van der Waals surface area contributed by atoms with E-state index < -0.39 is 5.41 Å². The van der Waals surface area contributed by atoms with Crippen molar-refractivity contribution in [3.8, 4) is 0 Å². The highest BCUT2D eigenvalue weighted by molar-refractivity contribution is 7.10. The van der Waals surface area contributed by atoms with Crippen molar-refractivity contribution in [2.75, 3.05) is 18.4 Å². The van der Waals surface area contributed by atoms with Crippen LogP contribution in [0.15, 0.2) is 29.8 Å². The standard InChI is InChI=1S/C15H20N4OS/c1-15(2,12-4-3-9-21-12)14(20)17-13-6-8-19(18-13)11-5-7-16-10-11/h3-4,6,8-9,11,16H,5,7,10H2,1-2H3,(H,17,18,20)/t11-/m1/s1. The summed E-state index contributed by atoms with van der Waals surface area (Å²) in [7, 11) is 0. The van der Waals surface area contributed by atoms with Gasteiger partial charge in [-0.05, 0) is 38.3 Å². The van der Waals surface area contributed by atoms with Crippen molar-refractivity contribution in [1.82, 2.24) is 15.1 Å². The molecule has 1 saturated heterocycles. The Hall–Kier alpha value is -1.66. The van der Waals surface area contributed by atoms with Crippen molar-refractivity contribution in [1.29, 1.82) is 0 Å². The number of rotatable bonds is 4. The van der Waals surface area contributed by atoms with Crippen LogP contribution in [0, 0.1) is 0 Å². The topological polar surface area (TPSA) is 59.0 Å². The molecule has 6 heteroatoms. The van der Waals surface area contributed by atoms with E-state index in [1.165, 1.54) is 0 Å². The van der Waals surface area contributed by atoms with E-state index in [0.717, 1.165) is 24.4 Å². The van der Waals surface area contributed by atoms with Gasteiger partial charge in [0.2, 0.25) is 5.91 Å². The molecule has 2 aromatic heterocycles. The molecule has 1 fully saturated rings. The summed E-state index contributed by atoms with van der Waals surface area (Å²) >= 11 is 1.60. The SMILES string of the molecule is CC(C)(C(=O)Nc1ccn([C@@H]2CCNC2)n1)c1cccs1. The van der Waals surface area contributed by atoms with Crippen molar-refractivity contribution in [3.05, 3.63) is 34.7 Å². The number of thiophene rings is 1. The van der Waals surface area contributed by atoms with Crippen LogP contribution in [-0.4, -0.2) is 28.8 Å². The molecule has 21 heavy (non-hydrogen) atoms. The summed E-state index contributed by atoms with van der Waals surface area (Å²) in [5, 5.41) is 12.7. The smallest absolute Gasteiger partial charge is 0.236 e. The van der Waals surface area contributed by atoms with Gasteiger partial charge in [-0.15, -0.1) is 11.3 Å². The van der Waals surface area contributed by atoms with Crippen molar-refractivity contribution < 1.29 is 4.79 Å². The summed E-state index contributed by atoms with van der Waals surface area (Å²) in [6, 6.07) is 6.21. The van der Waals surface area contributed by atoms with Crippen LogP contribution in [0.3, 0.4) is 0 Å². The van der Waals surface area contributed by atoms with Gasteiger partial charge in [-0.25, -0.2) is 0 Å². The van der Waals surface area contributed by atoms with Crippen LogP contribution >= 0.6 is 11.3 Å². The quantitative estimate of drug-likeness (QED) is 0.912. The molecule has 0 radical (unpaired) electrons. The Morgan fingerprint density at radius 1 is 1.52 bits per heavy atom. The van der Waals surface area contributed by atoms with Crippen LogP contribution in [0.2, 0.25) is 0 Å². The van der Waals surface area contributed by atoms with E-state index in [9.17, 15) is 4.79 Å². The fourth-order valence-electron chi connectivity index (χ4n) is 2.49. The molecule has 0 aliphatic carbocycles. The second-order valence-corrected chi connectivity index (χ2v) is 6.83. The molecule has 3 rings (SSSR count). The zero-order valence-corrected chi connectivity index (χ0v) is 13.1. The van der Waals surface area contributed by atoms with E-state index in [1.54, 1.807) is 11.3 Å². The number of anilines is 1. The highest BCUT2D eigenvalue weighted by atomic mass is 32.1. The lowest BCUT2D eigenvalue weighted by atomic mass is 9.90. The van der Waals surface area contributed by atoms with Crippen LogP contribution in [0.4, 0.5) is 5.82 Å². The lowest BCUT2D eigenvalue weighted by Gasteiger charge is -2.21. The fraction of sp³-hybridized carbons (Fsp3) is 0.467. The molecule has 0 spiro atoms. The molecule has 0 saturated carbocycles. The van der Waals surface area contributed by atoms with Crippen LogP contribution < -0.4 is 10.6 Å². The third kappa shape index (κ3) is 2.87. The lowest BCUT2D eigenvalue weighted by Crippen LogP contribution is -2.34. The number of amides is 1. The fourth-order valence-corrected chi connectivity index (χ4v) is 3.34. The molecule has 1 aliphatic rings. The molecular formula is C15H20N4OS. The Morgan fingerprint density at radius 2 is 2.38 bits per heavy atom. The predicted molar refractivity (Wildman–Crippen MR) is 84.7 cm³/mol. The van der Waals surface area contributed by atoms with Crippen LogP contribution in [0.25, 0.3) is 0 Å². The normalized spacial score (nSPS) is 18.9. The maximum atomic E-state index is 12.5. The molecule has 1 aliphatic heterocycles. The first-order valence-corrected chi connectivity index (χ1v) is 8.06. The van der Waals surface area contributed by atoms with Gasteiger partial charge in [0, 0.05) is 23.7 Å². The van der Waals surface area contributed by atoms with E-state index in [4.69, 9.17) is 0 Å². The summed E-state index contributed by atoms with van der Waals surface area (Å²) in [6.45, 7) is 5.84. The Balaban J connectivity index is 1.70. The molecule has 1 amide bonds. The van der Waals surface area contributed by atoms with Gasteiger partial charge in [-0.2, -0.15) is 5.10 Å². The minimum absolute atomic E-state index is 0.0280. The number of carbonyl (C=O) groups excluding carboxylic acids is 1. The van der Waals surface area contributed by atoms with Gasteiger partial charge in [-0.3, -0.25) is 9.48 Å². The molecule has 5 nitrogen and oxygen atoms in total. The molecule has 0 bridgehead atoms. The molecule has 0 aromatic carbocycles. The molecule has 3 heterocycles. The Bertz CT molecular complexity index is 611. The Labute approximate surface area is 128 Å². The summed E-state index contributed by atoms with van der Waals surface area (Å²) in [5.74, 6) is 0.594. The van der Waals surface area contributed by atoms with Crippen molar-refractivity contribution in [2.45, 2.75) is 31.7 Å². The van der Waals surface area contributed by atoms with Gasteiger partial charge >= 0.3 is 0 Å². The largest absolute Gasteiger partial charge is 0.315 e. The summed E-state index contributed by atoms with van der Waals surface area (Å²) in [5.41, 5.74) is -0.549. The number of nitrogens with one attached hydrogen (secondary N) is 2. The van der Waals surface area contributed by atoms with E-state index in [-0.39, 0.29) is 5.91 Å². The first-order valence-electron chi connectivity index (χ1n) is 7.18. The number of carbonyl (C=O) groups is 1. The average molecular weight is 304 g/mol. The molecule has 1 atom stereocenters. The third-order valence-corrected chi connectivity index (χ3v) is 5.16. The summed E-state index contributed by atoms with van der Waals surface area (Å²) < 4.78 is 1.94. The van der Waals surface area contributed by atoms with E-state index >= 15 is 0 Å². The maximum Gasteiger partial charge on any atom is 0.236 e. The number of aromatic nitrogens is 2. The Kier molecular flexibility index (Phi) is 3.82. The Morgan fingerprint density at radius 3 is 3.05 bits per heavy atom. The van der Waals surface area contributed by atoms with Crippen LogP contribution in [-0.2, 0) is 10.2 Å². The van der Waals surface area contributed by atoms with Gasteiger partial charge < -0.3 is 10.6 Å². The molecular weight excluding hydrogens is 284 g/mol. The second-order valence-electron chi connectivity index (χ2n) is 5.88. The second kappa shape index (κ2) is 5.61. The van der Waals surface area contributed by atoms with Gasteiger partial charge in [-0.1, -0.05) is 6.07 Å². The lowest BCUT2D eigenvalue weighted by molar-refractivity contribution is -0.120. The molecule has 2 N–H and O–H groups in total. The average Bonchev–Trinajstić information content (AvgIpc) is 3.20. The monoisotopic (exact) mass is 304 g/mol. The van der Waals surface area contributed by atoms with Crippen molar-refractivity contribution >= 4 is 23.1 Å². The highest BCUT2D eigenvalue weighted by Crippen LogP contribution is 2.28. The number of nitrogens with zero attached hydrogens (tertiary/aromatic N) is 2. The zero-order valence-electron chi connectivity index (χ0n) is 12.3. The van der Waals surface area contributed by atoms with Gasteiger partial charge in [0.15, 0.2) is 5.82 Å². The third-order valence-electron chi connectivity index (χ3n) is 3.96. The number of hydrogen-bond donors (Lipinski definition) is 2. The van der Waals surface area contributed by atoms with Gasteiger partial charge in [0.1, 0.15) is 0 Å². The maximum absolute atomic E-state index is 12.5. The van der Waals surface area contributed by atoms with Gasteiger partial charge in [0.25, 0.3) is 0 Å². The molecule has 2 aromatic rings. The van der Waals surface area contributed by atoms with E-state index in [1.807, 2.05) is 48.3 Å². The van der Waals surface area contributed by atoms with Crippen LogP contribution in [0.1, 0.15) is 31.2 Å². The molecule has 0 unspecified atom stereocenters. The predicted octanol–water partition coefficient (Wildman–Crippen LogP) is 2.40. The minimum Gasteiger partial charge on any atom is -0.315 e. The first kappa shape index (κ1) is 14.3. The van der Waals surface area contributed by atoms with Crippen molar-refractivity contribution in [2.24, 2.45) is 0 Å². The summed E-state index contributed by atoms with van der Waals surface area (Å²) in [6.07, 6.45) is 3.02. The van der Waals surface area contributed by atoms with Gasteiger partial charge in [0.05, 0.1) is 11.5 Å². The minimum atomic E-state index is -0.549. The van der Waals surface area contributed by atoms with Crippen molar-refractivity contribution in [3.63, 3.8) is 0 Å². The van der Waals surface area contributed by atoms with E-state index in [2.05, 4.69) is 15.7 Å². The summed E-state index contributed by atoms with van der Waals surface area (Å²) in [4.78, 5) is 13.6.